The van der Waals surface area contributed by atoms with E-state index in [1.54, 1.807) is 0 Å². The van der Waals surface area contributed by atoms with Crippen molar-refractivity contribution in [2.45, 2.75) is 54.5 Å². The van der Waals surface area contributed by atoms with E-state index in [1.165, 1.54) is 11.3 Å². The van der Waals surface area contributed by atoms with Crippen LogP contribution in [0.15, 0.2) is 5.38 Å². The summed E-state index contributed by atoms with van der Waals surface area (Å²) in [6.07, 6.45) is 0. The number of aryl methyl sites for hydroxylation is 1. The third-order valence-electron chi connectivity index (χ3n) is 1.23. The molecule has 0 unspecified atom stereocenters. The number of carbonyl (C=O) groups is 1. The Morgan fingerprint density at radius 1 is 1.31 bits per heavy atom. The summed E-state index contributed by atoms with van der Waals surface area (Å²) in [5, 5.41) is 5.19. The first-order valence-corrected chi connectivity index (χ1v) is 6.70. The van der Waals surface area contributed by atoms with Crippen LogP contribution < -0.4 is 5.32 Å². The number of hydrogen-bond acceptors (Lipinski definition) is 3. The highest BCUT2D eigenvalue weighted by molar-refractivity contribution is 7.11. The van der Waals surface area contributed by atoms with Crippen molar-refractivity contribution in [1.82, 2.24) is 10.3 Å². The molecule has 0 aliphatic carbocycles. The summed E-state index contributed by atoms with van der Waals surface area (Å²) in [5.41, 5.74) is 0.897. The normalized spacial score (nSPS) is 8.50. The Kier molecular flexibility index (Phi) is 11.6. The molecule has 0 saturated heterocycles. The maximum atomic E-state index is 11.3. The van der Waals surface area contributed by atoms with Crippen molar-refractivity contribution < 1.29 is 4.79 Å². The number of nitrogens with one attached hydrogen (secondary N) is 1. The minimum absolute atomic E-state index is 0.0805. The molecule has 1 N–H and O–H groups in total. The van der Waals surface area contributed by atoms with E-state index in [4.69, 9.17) is 0 Å². The van der Waals surface area contributed by atoms with E-state index < -0.39 is 0 Å². The van der Waals surface area contributed by atoms with Gasteiger partial charge in [-0.05, 0) is 20.8 Å². The highest BCUT2D eigenvalue weighted by Gasteiger charge is 2.09. The highest BCUT2D eigenvalue weighted by atomic mass is 32.1. The standard InChI is InChI=1S/C8H12N2OS.2C2H6/c1-5(2)9-7(11)8-10-6(3)4-12-8;2*1-2/h4-5H,1-3H3,(H,9,11);2*1-2H3. The van der Waals surface area contributed by atoms with Crippen LogP contribution in [0.1, 0.15) is 57.0 Å². The molecule has 0 radical (unpaired) electrons. The van der Waals surface area contributed by atoms with E-state index in [0.717, 1.165) is 5.69 Å². The van der Waals surface area contributed by atoms with E-state index >= 15 is 0 Å². The molecular formula is C12H24N2OS. The average molecular weight is 244 g/mol. The first-order valence-electron chi connectivity index (χ1n) is 5.82. The molecule has 0 fully saturated rings. The molecule has 1 amide bonds. The highest BCUT2D eigenvalue weighted by Crippen LogP contribution is 2.08. The van der Waals surface area contributed by atoms with Gasteiger partial charge in [0.1, 0.15) is 0 Å². The molecule has 0 spiro atoms. The van der Waals surface area contributed by atoms with Crippen LogP contribution in [0.3, 0.4) is 0 Å². The lowest BCUT2D eigenvalue weighted by atomic mass is 10.4. The van der Waals surface area contributed by atoms with E-state index in [-0.39, 0.29) is 11.9 Å². The van der Waals surface area contributed by atoms with Gasteiger partial charge in [-0.3, -0.25) is 4.79 Å². The number of carbonyl (C=O) groups excluding carboxylic acids is 1. The summed E-state index contributed by atoms with van der Waals surface area (Å²) >= 11 is 1.38. The van der Waals surface area contributed by atoms with E-state index in [2.05, 4.69) is 10.3 Å². The molecule has 1 aromatic rings. The lowest BCUT2D eigenvalue weighted by molar-refractivity contribution is 0.0942. The van der Waals surface area contributed by atoms with Gasteiger partial charge in [0, 0.05) is 17.1 Å². The van der Waals surface area contributed by atoms with Gasteiger partial charge in [0.15, 0.2) is 5.01 Å². The predicted molar refractivity (Wildman–Crippen MR) is 72.1 cm³/mol. The zero-order chi connectivity index (χ0) is 13.1. The van der Waals surface area contributed by atoms with Gasteiger partial charge in [-0.2, -0.15) is 0 Å². The molecule has 0 aromatic carbocycles. The maximum absolute atomic E-state index is 11.3. The molecule has 0 bridgehead atoms. The third kappa shape index (κ3) is 7.40. The van der Waals surface area contributed by atoms with Gasteiger partial charge in [0.2, 0.25) is 0 Å². The number of amides is 1. The number of rotatable bonds is 2. The summed E-state index contributed by atoms with van der Waals surface area (Å²) in [5.74, 6) is -0.0805. The summed E-state index contributed by atoms with van der Waals surface area (Å²) in [6.45, 7) is 13.7. The quantitative estimate of drug-likeness (QED) is 0.863. The Balaban J connectivity index is 0. The van der Waals surface area contributed by atoms with E-state index in [9.17, 15) is 4.79 Å². The van der Waals surface area contributed by atoms with Crippen LogP contribution in [0.4, 0.5) is 0 Å². The minimum Gasteiger partial charge on any atom is -0.348 e. The Morgan fingerprint density at radius 3 is 2.12 bits per heavy atom. The van der Waals surface area contributed by atoms with Crippen LogP contribution in [0.2, 0.25) is 0 Å². The Bertz CT molecular complexity index is 282. The van der Waals surface area contributed by atoms with Gasteiger partial charge in [-0.25, -0.2) is 4.98 Å². The Labute approximate surface area is 103 Å². The van der Waals surface area contributed by atoms with Crippen LogP contribution in [0.5, 0.6) is 0 Å². The fourth-order valence-corrected chi connectivity index (χ4v) is 1.48. The third-order valence-corrected chi connectivity index (χ3v) is 2.19. The summed E-state index contributed by atoms with van der Waals surface area (Å²) in [4.78, 5) is 15.4. The largest absolute Gasteiger partial charge is 0.348 e. The van der Waals surface area contributed by atoms with E-state index in [1.807, 2.05) is 53.8 Å². The van der Waals surface area contributed by atoms with Crippen LogP contribution in [0, 0.1) is 6.92 Å². The molecule has 0 atom stereocenters. The van der Waals surface area contributed by atoms with Crippen molar-refractivity contribution in [3.63, 3.8) is 0 Å². The molecule has 1 rings (SSSR count). The van der Waals surface area contributed by atoms with Crippen LogP contribution >= 0.6 is 11.3 Å². The predicted octanol–water partition coefficient (Wildman–Crippen LogP) is 3.64. The fourth-order valence-electron chi connectivity index (χ4n) is 0.782. The van der Waals surface area contributed by atoms with Crippen molar-refractivity contribution in [1.29, 1.82) is 0 Å². The van der Waals surface area contributed by atoms with Crippen LogP contribution in [0.25, 0.3) is 0 Å². The molecule has 1 heterocycles. The SMILES string of the molecule is CC.CC.Cc1csc(C(=O)NC(C)C)n1. The molecule has 0 saturated carbocycles. The summed E-state index contributed by atoms with van der Waals surface area (Å²) in [6, 6.07) is 0.168. The lowest BCUT2D eigenvalue weighted by Gasteiger charge is -2.04. The smallest absolute Gasteiger partial charge is 0.280 e. The Hall–Kier alpha value is -0.900. The van der Waals surface area contributed by atoms with Crippen molar-refractivity contribution >= 4 is 17.2 Å². The molecule has 94 valence electrons. The van der Waals surface area contributed by atoms with Crippen molar-refractivity contribution in [3.05, 3.63) is 16.1 Å². The molecule has 4 heteroatoms. The Morgan fingerprint density at radius 2 is 1.81 bits per heavy atom. The van der Waals surface area contributed by atoms with Gasteiger partial charge in [0.05, 0.1) is 0 Å². The van der Waals surface area contributed by atoms with Crippen LogP contribution in [-0.4, -0.2) is 16.9 Å². The first kappa shape index (κ1) is 17.5. The molecular weight excluding hydrogens is 220 g/mol. The molecule has 0 aliphatic rings. The summed E-state index contributed by atoms with van der Waals surface area (Å²) in [7, 11) is 0. The maximum Gasteiger partial charge on any atom is 0.280 e. The van der Waals surface area contributed by atoms with Gasteiger partial charge in [-0.1, -0.05) is 27.7 Å². The number of hydrogen-bond donors (Lipinski definition) is 1. The van der Waals surface area contributed by atoms with E-state index in [0.29, 0.717) is 5.01 Å². The molecule has 0 aliphatic heterocycles. The minimum atomic E-state index is -0.0805. The second-order valence-electron chi connectivity index (χ2n) is 2.92. The number of aromatic nitrogens is 1. The number of thiazole rings is 1. The molecule has 16 heavy (non-hydrogen) atoms. The van der Waals surface area contributed by atoms with Crippen LogP contribution in [-0.2, 0) is 0 Å². The van der Waals surface area contributed by atoms with Crippen molar-refractivity contribution in [3.8, 4) is 0 Å². The van der Waals surface area contributed by atoms with Crippen molar-refractivity contribution in [2.75, 3.05) is 0 Å². The second-order valence-corrected chi connectivity index (χ2v) is 3.78. The topological polar surface area (TPSA) is 42.0 Å². The number of nitrogens with zero attached hydrogens (tertiary/aromatic N) is 1. The van der Waals surface area contributed by atoms with Crippen molar-refractivity contribution in [2.24, 2.45) is 0 Å². The van der Waals surface area contributed by atoms with Gasteiger partial charge >= 0.3 is 0 Å². The zero-order valence-corrected chi connectivity index (χ0v) is 12.2. The van der Waals surface area contributed by atoms with Gasteiger partial charge in [-0.15, -0.1) is 11.3 Å². The first-order chi connectivity index (χ1) is 7.59. The summed E-state index contributed by atoms with van der Waals surface area (Å²) < 4.78 is 0. The molecule has 3 nitrogen and oxygen atoms in total. The molecule has 1 aromatic heterocycles. The zero-order valence-electron chi connectivity index (χ0n) is 11.4. The second kappa shape index (κ2) is 10.6. The van der Waals surface area contributed by atoms with Gasteiger partial charge < -0.3 is 5.32 Å². The van der Waals surface area contributed by atoms with Gasteiger partial charge in [0.25, 0.3) is 5.91 Å². The average Bonchev–Trinajstić information content (AvgIpc) is 2.70. The monoisotopic (exact) mass is 244 g/mol. The fraction of sp³-hybridized carbons (Fsp3) is 0.667. The lowest BCUT2D eigenvalue weighted by Crippen LogP contribution is -2.29.